The second-order valence-corrected chi connectivity index (χ2v) is 7.53. The minimum absolute atomic E-state index is 0.113. The van der Waals surface area contributed by atoms with Crippen molar-refractivity contribution < 1.29 is 8.42 Å². The van der Waals surface area contributed by atoms with E-state index in [1.54, 1.807) is 4.31 Å². The maximum absolute atomic E-state index is 12.7. The number of hydrazine groups is 1. The van der Waals surface area contributed by atoms with Gasteiger partial charge in [0.2, 0.25) is 16.0 Å². The SMILES string of the molecule is CN1C2CCC1CN(S(=O)(=O)c1cnc(NN)nc1)CC2. The van der Waals surface area contributed by atoms with Crippen LogP contribution in [-0.4, -0.2) is 59.8 Å². The Kier molecular flexibility index (Phi) is 3.82. The smallest absolute Gasteiger partial charge is 0.246 e. The van der Waals surface area contributed by atoms with E-state index in [0.29, 0.717) is 25.2 Å². The fraction of sp³-hybridized carbons (Fsp3) is 0.667. The fourth-order valence-electron chi connectivity index (χ4n) is 3.17. The molecule has 0 radical (unpaired) electrons. The molecule has 2 atom stereocenters. The predicted molar refractivity (Wildman–Crippen MR) is 77.8 cm³/mol. The van der Waals surface area contributed by atoms with E-state index in [-0.39, 0.29) is 10.8 Å². The van der Waals surface area contributed by atoms with E-state index < -0.39 is 10.0 Å². The number of fused-ring (bicyclic) bond motifs is 2. The average molecular weight is 312 g/mol. The summed E-state index contributed by atoms with van der Waals surface area (Å²) < 4.78 is 27.0. The van der Waals surface area contributed by atoms with E-state index in [2.05, 4.69) is 27.3 Å². The minimum Gasteiger partial charge on any atom is -0.299 e. The topological polar surface area (TPSA) is 104 Å². The number of hydrogen-bond acceptors (Lipinski definition) is 7. The summed E-state index contributed by atoms with van der Waals surface area (Å²) in [7, 11) is -1.46. The Morgan fingerprint density at radius 1 is 1.24 bits per heavy atom. The number of nitrogen functional groups attached to an aromatic ring is 1. The van der Waals surface area contributed by atoms with Gasteiger partial charge in [0, 0.05) is 25.2 Å². The molecule has 3 heterocycles. The number of hydrogen-bond donors (Lipinski definition) is 2. The molecule has 2 aliphatic rings. The molecule has 8 nitrogen and oxygen atoms in total. The van der Waals surface area contributed by atoms with E-state index in [0.717, 1.165) is 19.3 Å². The molecule has 3 N–H and O–H groups in total. The minimum atomic E-state index is -3.54. The highest BCUT2D eigenvalue weighted by molar-refractivity contribution is 7.89. The van der Waals surface area contributed by atoms with Crippen LogP contribution in [0.2, 0.25) is 0 Å². The summed E-state index contributed by atoms with van der Waals surface area (Å²) >= 11 is 0. The molecule has 0 aliphatic carbocycles. The highest BCUT2D eigenvalue weighted by Crippen LogP contribution is 2.30. The lowest BCUT2D eigenvalue weighted by Gasteiger charge is -2.25. The number of likely N-dealkylation sites (N-methyl/N-ethyl adjacent to an activating group) is 1. The highest BCUT2D eigenvalue weighted by atomic mass is 32.2. The summed E-state index contributed by atoms with van der Waals surface area (Å²) in [4.78, 5) is 10.2. The summed E-state index contributed by atoms with van der Waals surface area (Å²) in [6.45, 7) is 1.08. The van der Waals surface area contributed by atoms with E-state index in [4.69, 9.17) is 5.84 Å². The Hall–Kier alpha value is -1.29. The number of aromatic nitrogens is 2. The number of sulfonamides is 1. The van der Waals surface area contributed by atoms with Gasteiger partial charge in [-0.25, -0.2) is 24.2 Å². The summed E-state index contributed by atoms with van der Waals surface area (Å²) in [5.74, 6) is 5.39. The number of anilines is 1. The standard InChI is InChI=1S/C12H20N6O2S/c1-17-9-2-3-10(17)8-18(5-4-9)21(19,20)11-6-14-12(16-13)15-7-11/h6-7,9-10H,2-5,8,13H2,1H3,(H,14,15,16). The maximum Gasteiger partial charge on any atom is 0.246 e. The number of nitrogens with zero attached hydrogens (tertiary/aromatic N) is 4. The molecule has 1 aromatic heterocycles. The number of rotatable bonds is 3. The zero-order chi connectivity index (χ0) is 15.0. The van der Waals surface area contributed by atoms with Crippen LogP contribution >= 0.6 is 0 Å². The van der Waals surface area contributed by atoms with Crippen molar-refractivity contribution in [3.63, 3.8) is 0 Å². The number of nitrogens with one attached hydrogen (secondary N) is 1. The largest absolute Gasteiger partial charge is 0.299 e. The second kappa shape index (κ2) is 5.48. The second-order valence-electron chi connectivity index (χ2n) is 5.59. The molecule has 9 heteroatoms. The first-order valence-corrected chi connectivity index (χ1v) is 8.47. The lowest BCUT2D eigenvalue weighted by molar-refractivity contribution is 0.246. The van der Waals surface area contributed by atoms with Gasteiger partial charge >= 0.3 is 0 Å². The molecular weight excluding hydrogens is 292 g/mol. The molecule has 21 heavy (non-hydrogen) atoms. The molecule has 0 saturated carbocycles. The van der Waals surface area contributed by atoms with Crippen LogP contribution in [0.3, 0.4) is 0 Å². The molecule has 2 aliphatic heterocycles. The molecule has 2 fully saturated rings. The third-order valence-corrected chi connectivity index (χ3v) is 6.32. The van der Waals surface area contributed by atoms with Gasteiger partial charge in [-0.3, -0.25) is 10.3 Å². The van der Waals surface area contributed by atoms with E-state index in [1.807, 2.05) is 0 Å². The van der Waals surface area contributed by atoms with Crippen molar-refractivity contribution in [1.82, 2.24) is 19.2 Å². The lowest BCUT2D eigenvalue weighted by Crippen LogP contribution is -2.39. The summed E-state index contributed by atoms with van der Waals surface area (Å²) in [5.41, 5.74) is 2.29. The average Bonchev–Trinajstić information content (AvgIpc) is 2.71. The lowest BCUT2D eigenvalue weighted by atomic mass is 10.1. The van der Waals surface area contributed by atoms with Gasteiger partial charge in [0.15, 0.2) is 0 Å². The third-order valence-electron chi connectivity index (χ3n) is 4.51. The van der Waals surface area contributed by atoms with Crippen LogP contribution in [0.15, 0.2) is 17.3 Å². The van der Waals surface area contributed by atoms with E-state index in [1.165, 1.54) is 12.4 Å². The van der Waals surface area contributed by atoms with E-state index >= 15 is 0 Å². The van der Waals surface area contributed by atoms with Crippen LogP contribution < -0.4 is 11.3 Å². The Morgan fingerprint density at radius 2 is 1.90 bits per heavy atom. The molecule has 0 amide bonds. The Bertz CT molecular complexity index is 605. The van der Waals surface area contributed by atoms with Crippen molar-refractivity contribution in [3.05, 3.63) is 12.4 Å². The monoisotopic (exact) mass is 312 g/mol. The van der Waals surface area contributed by atoms with Crippen molar-refractivity contribution in [2.75, 3.05) is 25.6 Å². The van der Waals surface area contributed by atoms with Crippen LogP contribution in [0.1, 0.15) is 19.3 Å². The third kappa shape index (κ3) is 2.61. The van der Waals surface area contributed by atoms with Crippen molar-refractivity contribution >= 4 is 16.0 Å². The van der Waals surface area contributed by atoms with Crippen LogP contribution in [-0.2, 0) is 10.0 Å². The zero-order valence-corrected chi connectivity index (χ0v) is 12.8. The first kappa shape index (κ1) is 14.6. The van der Waals surface area contributed by atoms with Crippen molar-refractivity contribution in [2.24, 2.45) is 5.84 Å². The first-order chi connectivity index (χ1) is 10.0. The number of nitrogens with two attached hydrogens (primary N) is 1. The molecular formula is C12H20N6O2S. The van der Waals surface area contributed by atoms with Crippen LogP contribution in [0.25, 0.3) is 0 Å². The highest BCUT2D eigenvalue weighted by Gasteiger charge is 2.38. The van der Waals surface area contributed by atoms with Crippen molar-refractivity contribution in [3.8, 4) is 0 Å². The van der Waals surface area contributed by atoms with Gasteiger partial charge in [0.1, 0.15) is 4.90 Å². The zero-order valence-electron chi connectivity index (χ0n) is 11.9. The summed E-state index contributed by atoms with van der Waals surface area (Å²) in [6, 6.07) is 0.799. The predicted octanol–water partition coefficient (Wildman–Crippen LogP) is -0.381. The van der Waals surface area contributed by atoms with Gasteiger partial charge in [-0.15, -0.1) is 0 Å². The van der Waals surface area contributed by atoms with Gasteiger partial charge < -0.3 is 0 Å². The van der Waals surface area contributed by atoms with Crippen LogP contribution in [0, 0.1) is 0 Å². The molecule has 2 saturated heterocycles. The summed E-state index contributed by atoms with van der Waals surface area (Å²) in [6.07, 6.45) is 5.68. The van der Waals surface area contributed by atoms with Crippen LogP contribution in [0.5, 0.6) is 0 Å². The molecule has 2 bridgehead atoms. The molecule has 0 spiro atoms. The van der Waals surface area contributed by atoms with Gasteiger partial charge in [-0.2, -0.15) is 4.31 Å². The van der Waals surface area contributed by atoms with Crippen molar-refractivity contribution in [1.29, 1.82) is 0 Å². The summed E-state index contributed by atoms with van der Waals surface area (Å²) in [5, 5.41) is 0. The maximum atomic E-state index is 12.7. The molecule has 2 unspecified atom stereocenters. The fourth-order valence-corrected chi connectivity index (χ4v) is 4.55. The van der Waals surface area contributed by atoms with E-state index in [9.17, 15) is 8.42 Å². The molecule has 116 valence electrons. The van der Waals surface area contributed by atoms with Crippen LogP contribution in [0.4, 0.5) is 5.95 Å². The van der Waals surface area contributed by atoms with Crippen molar-refractivity contribution in [2.45, 2.75) is 36.2 Å². The van der Waals surface area contributed by atoms with Gasteiger partial charge in [-0.1, -0.05) is 0 Å². The first-order valence-electron chi connectivity index (χ1n) is 7.03. The Balaban J connectivity index is 1.84. The molecule has 3 rings (SSSR count). The normalized spacial score (nSPS) is 27.5. The Morgan fingerprint density at radius 3 is 2.57 bits per heavy atom. The molecule has 1 aromatic rings. The molecule has 0 aromatic carbocycles. The Labute approximate surface area is 124 Å². The van der Waals surface area contributed by atoms with Gasteiger partial charge in [0.25, 0.3) is 0 Å². The van der Waals surface area contributed by atoms with Gasteiger partial charge in [0.05, 0.1) is 12.4 Å². The van der Waals surface area contributed by atoms with Gasteiger partial charge in [-0.05, 0) is 26.3 Å². The quantitative estimate of drug-likeness (QED) is 0.579.